The lowest BCUT2D eigenvalue weighted by molar-refractivity contribution is 0.401. The van der Waals surface area contributed by atoms with Gasteiger partial charge in [0.1, 0.15) is 11.6 Å². The van der Waals surface area contributed by atoms with Crippen LogP contribution >= 0.6 is 11.6 Å². The highest BCUT2D eigenvalue weighted by Gasteiger charge is 2.10. The predicted octanol–water partition coefficient (Wildman–Crippen LogP) is 4.34. The first-order valence-electron chi connectivity index (χ1n) is 6.42. The summed E-state index contributed by atoms with van der Waals surface area (Å²) in [6.45, 7) is 2.61. The minimum absolute atomic E-state index is 0.102. The maximum absolute atomic E-state index is 13.4. The minimum atomic E-state index is -0.393. The van der Waals surface area contributed by atoms with Crippen molar-refractivity contribution in [2.24, 2.45) is 0 Å². The number of methoxy groups -OCH3 is 1. The van der Waals surface area contributed by atoms with Crippen LogP contribution in [0.1, 0.15) is 24.1 Å². The summed E-state index contributed by atoms with van der Waals surface area (Å²) in [5.74, 6) is 0.450. The molecule has 0 spiro atoms. The molecule has 0 amide bonds. The van der Waals surface area contributed by atoms with E-state index in [1.165, 1.54) is 6.07 Å². The molecule has 20 heavy (non-hydrogen) atoms. The fourth-order valence-corrected chi connectivity index (χ4v) is 2.17. The second-order valence-corrected chi connectivity index (χ2v) is 5.00. The number of benzene rings is 2. The van der Waals surface area contributed by atoms with Gasteiger partial charge in [0.2, 0.25) is 0 Å². The van der Waals surface area contributed by atoms with Gasteiger partial charge in [0.15, 0.2) is 0 Å². The summed E-state index contributed by atoms with van der Waals surface area (Å²) in [4.78, 5) is 0. The van der Waals surface area contributed by atoms with Crippen LogP contribution in [-0.2, 0) is 6.54 Å². The number of para-hydroxylation sites is 1. The fraction of sp³-hybridized carbons (Fsp3) is 0.250. The Morgan fingerprint density at radius 2 is 2.00 bits per heavy atom. The maximum atomic E-state index is 13.4. The van der Waals surface area contributed by atoms with Gasteiger partial charge in [-0.2, -0.15) is 0 Å². The topological polar surface area (TPSA) is 21.3 Å². The number of nitrogens with one attached hydrogen (secondary N) is 1. The number of ether oxygens (including phenoxy) is 1. The summed E-state index contributed by atoms with van der Waals surface area (Å²) in [7, 11) is 1.65. The van der Waals surface area contributed by atoms with Crippen molar-refractivity contribution in [3.8, 4) is 5.75 Å². The lowest BCUT2D eigenvalue weighted by Gasteiger charge is -2.17. The van der Waals surface area contributed by atoms with E-state index in [-0.39, 0.29) is 11.1 Å². The molecule has 0 aliphatic rings. The Bertz CT molecular complexity index is 588. The molecule has 0 aliphatic carbocycles. The van der Waals surface area contributed by atoms with Gasteiger partial charge in [-0.1, -0.05) is 35.9 Å². The molecule has 0 aromatic heterocycles. The van der Waals surface area contributed by atoms with Gasteiger partial charge in [0.05, 0.1) is 12.1 Å². The van der Waals surface area contributed by atoms with Crippen LogP contribution in [-0.4, -0.2) is 7.11 Å². The molecule has 0 aliphatic heterocycles. The molecule has 2 rings (SSSR count). The molecule has 0 bridgehead atoms. The molecule has 0 heterocycles. The van der Waals surface area contributed by atoms with Crippen LogP contribution in [0.2, 0.25) is 5.02 Å². The van der Waals surface area contributed by atoms with E-state index in [4.69, 9.17) is 16.3 Å². The van der Waals surface area contributed by atoms with Crippen molar-refractivity contribution in [2.75, 3.05) is 7.11 Å². The highest BCUT2D eigenvalue weighted by atomic mass is 35.5. The Balaban J connectivity index is 2.04. The molecule has 0 saturated carbocycles. The van der Waals surface area contributed by atoms with Crippen molar-refractivity contribution in [3.05, 3.63) is 64.4 Å². The molecule has 0 radical (unpaired) electrons. The molecule has 2 aromatic rings. The molecule has 0 fully saturated rings. The zero-order chi connectivity index (χ0) is 14.5. The van der Waals surface area contributed by atoms with Crippen molar-refractivity contribution in [1.82, 2.24) is 5.32 Å². The van der Waals surface area contributed by atoms with Gasteiger partial charge in [-0.25, -0.2) is 4.39 Å². The van der Waals surface area contributed by atoms with E-state index < -0.39 is 5.82 Å². The van der Waals surface area contributed by atoms with Crippen molar-refractivity contribution in [3.63, 3.8) is 0 Å². The predicted molar refractivity (Wildman–Crippen MR) is 79.7 cm³/mol. The first kappa shape index (κ1) is 14.8. The molecule has 4 heteroatoms. The van der Waals surface area contributed by atoms with Crippen molar-refractivity contribution >= 4 is 11.6 Å². The van der Waals surface area contributed by atoms with Crippen LogP contribution < -0.4 is 10.1 Å². The first-order valence-corrected chi connectivity index (χ1v) is 6.80. The Morgan fingerprint density at radius 1 is 1.25 bits per heavy atom. The summed E-state index contributed by atoms with van der Waals surface area (Å²) in [5, 5.41) is 3.49. The number of hydrogen-bond acceptors (Lipinski definition) is 2. The van der Waals surface area contributed by atoms with Gasteiger partial charge in [-0.15, -0.1) is 0 Å². The summed E-state index contributed by atoms with van der Waals surface area (Å²) < 4.78 is 18.7. The smallest absolute Gasteiger partial charge is 0.142 e. The van der Waals surface area contributed by atoms with E-state index in [1.807, 2.05) is 37.3 Å². The van der Waals surface area contributed by atoms with E-state index in [9.17, 15) is 4.39 Å². The van der Waals surface area contributed by atoms with Gasteiger partial charge in [0, 0.05) is 18.2 Å². The highest BCUT2D eigenvalue weighted by Crippen LogP contribution is 2.24. The van der Waals surface area contributed by atoms with E-state index in [2.05, 4.69) is 5.32 Å². The van der Waals surface area contributed by atoms with Crippen LogP contribution in [0.3, 0.4) is 0 Å². The maximum Gasteiger partial charge on any atom is 0.142 e. The average molecular weight is 294 g/mol. The van der Waals surface area contributed by atoms with E-state index in [1.54, 1.807) is 13.2 Å². The third-order valence-electron chi connectivity index (χ3n) is 3.20. The number of halogens is 2. The van der Waals surface area contributed by atoms with Crippen LogP contribution in [0.15, 0.2) is 42.5 Å². The summed E-state index contributed by atoms with van der Waals surface area (Å²) in [6, 6.07) is 12.8. The largest absolute Gasteiger partial charge is 0.496 e. The standard InChI is InChI=1S/C16H17ClFNO/c1-11(13-5-3-4-6-16(13)20-2)19-10-12-7-8-14(17)15(18)9-12/h3-9,11,19H,10H2,1-2H3. The summed E-state index contributed by atoms with van der Waals surface area (Å²) >= 11 is 5.67. The molecule has 106 valence electrons. The molecule has 0 saturated heterocycles. The van der Waals surface area contributed by atoms with Crippen molar-refractivity contribution in [1.29, 1.82) is 0 Å². The molecule has 1 atom stereocenters. The first-order chi connectivity index (χ1) is 9.61. The second-order valence-electron chi connectivity index (χ2n) is 4.59. The Morgan fingerprint density at radius 3 is 2.70 bits per heavy atom. The zero-order valence-corrected chi connectivity index (χ0v) is 12.2. The molecular weight excluding hydrogens is 277 g/mol. The van der Waals surface area contributed by atoms with E-state index in [0.717, 1.165) is 16.9 Å². The summed E-state index contributed by atoms with van der Waals surface area (Å²) in [6.07, 6.45) is 0. The SMILES string of the molecule is COc1ccccc1C(C)NCc1ccc(Cl)c(F)c1. The average Bonchev–Trinajstić information content (AvgIpc) is 2.48. The molecule has 2 aromatic carbocycles. The van der Waals surface area contributed by atoms with Crippen LogP contribution in [0.5, 0.6) is 5.75 Å². The van der Waals surface area contributed by atoms with Crippen molar-refractivity contribution in [2.45, 2.75) is 19.5 Å². The molecule has 2 nitrogen and oxygen atoms in total. The second kappa shape index (κ2) is 6.73. The van der Waals surface area contributed by atoms with Crippen LogP contribution in [0.4, 0.5) is 4.39 Å². The third kappa shape index (κ3) is 3.50. The number of hydrogen-bond donors (Lipinski definition) is 1. The Labute approximate surface area is 123 Å². The lowest BCUT2D eigenvalue weighted by Crippen LogP contribution is -2.18. The number of rotatable bonds is 5. The van der Waals surface area contributed by atoms with Gasteiger partial charge < -0.3 is 10.1 Å². The van der Waals surface area contributed by atoms with Gasteiger partial charge in [0.25, 0.3) is 0 Å². The summed E-state index contributed by atoms with van der Waals surface area (Å²) in [5.41, 5.74) is 1.93. The highest BCUT2D eigenvalue weighted by molar-refractivity contribution is 6.30. The van der Waals surface area contributed by atoms with Crippen molar-refractivity contribution < 1.29 is 9.13 Å². The lowest BCUT2D eigenvalue weighted by atomic mass is 10.1. The fourth-order valence-electron chi connectivity index (χ4n) is 2.05. The van der Waals surface area contributed by atoms with E-state index >= 15 is 0 Å². The quantitative estimate of drug-likeness (QED) is 0.885. The Hall–Kier alpha value is -1.58. The molecule has 1 N–H and O–H groups in total. The van der Waals surface area contributed by atoms with Gasteiger partial charge in [-0.3, -0.25) is 0 Å². The third-order valence-corrected chi connectivity index (χ3v) is 3.51. The van der Waals surface area contributed by atoms with E-state index in [0.29, 0.717) is 6.54 Å². The van der Waals surface area contributed by atoms with Crippen LogP contribution in [0, 0.1) is 5.82 Å². The Kier molecular flexibility index (Phi) is 4.99. The molecular formula is C16H17ClFNO. The van der Waals surface area contributed by atoms with Crippen LogP contribution in [0.25, 0.3) is 0 Å². The normalized spacial score (nSPS) is 12.2. The van der Waals surface area contributed by atoms with Gasteiger partial charge >= 0.3 is 0 Å². The minimum Gasteiger partial charge on any atom is -0.496 e. The zero-order valence-electron chi connectivity index (χ0n) is 11.5. The molecule has 1 unspecified atom stereocenters. The van der Waals surface area contributed by atoms with Gasteiger partial charge in [-0.05, 0) is 30.7 Å². The monoisotopic (exact) mass is 293 g/mol.